The Morgan fingerprint density at radius 3 is 2.02 bits per heavy atom. The third-order valence-corrected chi connectivity index (χ3v) is 8.07. The van der Waals surface area contributed by atoms with Crippen LogP contribution in [0.3, 0.4) is 0 Å². The van der Waals surface area contributed by atoms with Crippen LogP contribution in [0.4, 0.5) is 0 Å². The number of H-pyrrole nitrogens is 1. The van der Waals surface area contributed by atoms with E-state index < -0.39 is 84.6 Å². The number of carbonyl (C=O) groups is 7. The molecule has 0 saturated heterocycles. The van der Waals surface area contributed by atoms with Gasteiger partial charge in [0.05, 0.1) is 19.0 Å². The Kier molecular flexibility index (Phi) is 15.1. The van der Waals surface area contributed by atoms with Gasteiger partial charge in [0.15, 0.2) is 0 Å². The fourth-order valence-electron chi connectivity index (χ4n) is 5.24. The van der Waals surface area contributed by atoms with Crippen molar-refractivity contribution in [3.8, 4) is 5.75 Å². The largest absolute Gasteiger partial charge is 0.508 e. The van der Waals surface area contributed by atoms with Gasteiger partial charge in [-0.15, -0.1) is 0 Å². The van der Waals surface area contributed by atoms with Gasteiger partial charge in [-0.1, -0.05) is 50.1 Å². The Bertz CT molecular complexity index is 1740. The van der Waals surface area contributed by atoms with Gasteiger partial charge in [-0.25, -0.2) is 4.79 Å². The molecule has 0 spiro atoms. The summed E-state index contributed by atoms with van der Waals surface area (Å²) in [6.45, 7) is 2.67. The number of para-hydroxylation sites is 1. The van der Waals surface area contributed by atoms with Crippen molar-refractivity contribution in [1.29, 1.82) is 0 Å². The molecule has 1 aromatic heterocycles. The second-order valence-corrected chi connectivity index (χ2v) is 12.3. The molecule has 5 amide bonds. The number of hydrogen-bond donors (Lipinski definition) is 10. The van der Waals surface area contributed by atoms with Gasteiger partial charge in [-0.05, 0) is 42.7 Å². The highest BCUT2D eigenvalue weighted by Crippen LogP contribution is 2.19. The van der Waals surface area contributed by atoms with E-state index in [9.17, 15) is 43.8 Å². The van der Waals surface area contributed by atoms with Gasteiger partial charge in [0.25, 0.3) is 0 Å². The SMILES string of the molecule is CCCC[C@H](NC(=O)[C@H](Cc1c[nH]c2ccccc12)NC(=O)CNC(=O)[C@H](Cc1ccc(O)cc1)NC(=O)[C@H](C)N)C(=O)N[C@@H](CC(=O)O)C(=O)O. The van der Waals surface area contributed by atoms with Crippen molar-refractivity contribution in [2.45, 2.75) is 82.6 Å². The highest BCUT2D eigenvalue weighted by atomic mass is 16.4. The lowest BCUT2D eigenvalue weighted by Gasteiger charge is -2.24. The van der Waals surface area contributed by atoms with Gasteiger partial charge in [0.1, 0.15) is 29.9 Å². The van der Waals surface area contributed by atoms with Gasteiger partial charge in [-0.2, -0.15) is 0 Å². The first-order chi connectivity index (χ1) is 24.7. The molecular weight excluding hydrogens is 678 g/mol. The monoisotopic (exact) mass is 723 g/mol. The number of benzene rings is 2. The van der Waals surface area contributed by atoms with Crippen molar-refractivity contribution < 1.29 is 48.9 Å². The molecule has 52 heavy (non-hydrogen) atoms. The first-order valence-electron chi connectivity index (χ1n) is 16.7. The minimum Gasteiger partial charge on any atom is -0.508 e. The van der Waals surface area contributed by atoms with Crippen LogP contribution in [-0.2, 0) is 46.4 Å². The minimum absolute atomic E-state index is 0.00669. The number of amides is 5. The Morgan fingerprint density at radius 1 is 0.769 bits per heavy atom. The zero-order valence-corrected chi connectivity index (χ0v) is 28.8. The number of phenolic OH excluding ortho intramolecular Hbond substituents is 1. The second-order valence-electron chi connectivity index (χ2n) is 12.3. The fraction of sp³-hybridized carbons (Fsp3) is 0.400. The summed E-state index contributed by atoms with van der Waals surface area (Å²) in [6, 6.07) is 6.84. The number of aromatic amines is 1. The summed E-state index contributed by atoms with van der Waals surface area (Å²) in [4.78, 5) is 91.7. The molecule has 0 unspecified atom stereocenters. The van der Waals surface area contributed by atoms with Gasteiger partial charge in [-0.3, -0.25) is 28.8 Å². The molecule has 5 atom stereocenters. The van der Waals surface area contributed by atoms with Crippen LogP contribution >= 0.6 is 0 Å². The summed E-state index contributed by atoms with van der Waals surface area (Å²) in [6.07, 6.45) is 1.89. The number of nitrogens with two attached hydrogens (primary N) is 1. The molecule has 0 bridgehead atoms. The van der Waals surface area contributed by atoms with Crippen LogP contribution in [0.15, 0.2) is 54.7 Å². The van der Waals surface area contributed by atoms with E-state index >= 15 is 0 Å². The van der Waals surface area contributed by atoms with Gasteiger partial charge in [0.2, 0.25) is 29.5 Å². The van der Waals surface area contributed by atoms with Crippen LogP contribution in [0.1, 0.15) is 50.7 Å². The molecule has 3 rings (SSSR count). The number of rotatable bonds is 20. The topological polar surface area (TPSA) is 282 Å². The van der Waals surface area contributed by atoms with Crippen molar-refractivity contribution in [2.24, 2.45) is 5.73 Å². The van der Waals surface area contributed by atoms with Crippen molar-refractivity contribution in [2.75, 3.05) is 6.54 Å². The zero-order valence-electron chi connectivity index (χ0n) is 28.8. The first-order valence-corrected chi connectivity index (χ1v) is 16.7. The summed E-state index contributed by atoms with van der Waals surface area (Å²) in [5.74, 6) is -6.82. The number of aliphatic carboxylic acids is 2. The minimum atomic E-state index is -1.74. The predicted molar refractivity (Wildman–Crippen MR) is 188 cm³/mol. The molecule has 17 nitrogen and oxygen atoms in total. The zero-order chi connectivity index (χ0) is 38.4. The molecule has 3 aromatic rings. The number of phenols is 1. The summed E-state index contributed by atoms with van der Waals surface area (Å²) < 4.78 is 0. The van der Waals surface area contributed by atoms with Crippen LogP contribution in [0.5, 0.6) is 5.75 Å². The van der Waals surface area contributed by atoms with E-state index in [4.69, 9.17) is 10.8 Å². The summed E-state index contributed by atoms with van der Waals surface area (Å²) in [5.41, 5.74) is 7.69. The maximum absolute atomic E-state index is 13.8. The number of hydrogen-bond acceptors (Lipinski definition) is 9. The normalized spacial score (nSPS) is 13.8. The molecule has 0 aliphatic rings. The highest BCUT2D eigenvalue weighted by Gasteiger charge is 2.31. The molecule has 0 aliphatic heterocycles. The quantitative estimate of drug-likeness (QED) is 0.0729. The summed E-state index contributed by atoms with van der Waals surface area (Å²) in [5, 5.41) is 41.2. The third kappa shape index (κ3) is 12.4. The van der Waals surface area contributed by atoms with E-state index in [2.05, 4.69) is 31.6 Å². The molecular formula is C35H45N7O10. The van der Waals surface area contributed by atoms with Crippen molar-refractivity contribution >= 4 is 52.4 Å². The van der Waals surface area contributed by atoms with E-state index in [0.29, 0.717) is 24.0 Å². The molecule has 17 heteroatoms. The van der Waals surface area contributed by atoms with Crippen LogP contribution in [-0.4, -0.2) is 98.5 Å². The highest BCUT2D eigenvalue weighted by molar-refractivity contribution is 5.96. The van der Waals surface area contributed by atoms with Crippen molar-refractivity contribution in [3.63, 3.8) is 0 Å². The molecule has 0 saturated carbocycles. The maximum atomic E-state index is 13.8. The Labute approximate surface area is 299 Å². The molecule has 280 valence electrons. The van der Waals surface area contributed by atoms with Crippen molar-refractivity contribution in [1.82, 2.24) is 31.6 Å². The molecule has 0 aliphatic carbocycles. The molecule has 11 N–H and O–H groups in total. The van der Waals surface area contributed by atoms with E-state index in [-0.39, 0.29) is 25.0 Å². The van der Waals surface area contributed by atoms with E-state index in [1.54, 1.807) is 24.4 Å². The predicted octanol–water partition coefficient (Wildman–Crippen LogP) is -0.189. The lowest BCUT2D eigenvalue weighted by molar-refractivity contribution is -0.147. The fourth-order valence-corrected chi connectivity index (χ4v) is 5.24. The number of aromatic hydroxyl groups is 1. The number of carboxylic acids is 2. The molecule has 2 aromatic carbocycles. The standard InChI is InChI=1S/C35H45N7O10/c1-3-4-8-25(33(49)42-28(35(51)52)16-30(45)46)40-34(50)27(15-21-17-37-24-9-6-5-7-23(21)24)39-29(44)18-38-32(48)26(41-31(47)19(2)36)14-20-10-12-22(43)13-11-20/h5-7,9-13,17,19,25-28,37,43H,3-4,8,14-16,18,36H2,1-2H3,(H,38,48)(H,39,44)(H,40,50)(H,41,47)(H,42,49)(H,45,46)(H,51,52)/t19-,25-,26-,27-,28-/m0/s1. The third-order valence-electron chi connectivity index (χ3n) is 8.07. The number of carbonyl (C=O) groups excluding carboxylic acids is 5. The maximum Gasteiger partial charge on any atom is 0.326 e. The van der Waals surface area contributed by atoms with Crippen LogP contribution in [0, 0.1) is 0 Å². The first kappa shape index (κ1) is 40.5. The number of aromatic nitrogens is 1. The lowest BCUT2D eigenvalue weighted by Crippen LogP contribution is -2.57. The smallest absolute Gasteiger partial charge is 0.326 e. The number of fused-ring (bicyclic) bond motifs is 1. The summed E-state index contributed by atoms with van der Waals surface area (Å²) in [7, 11) is 0. The number of carboxylic acid groups (broad SMARTS) is 2. The van der Waals surface area contributed by atoms with Crippen LogP contribution in [0.25, 0.3) is 10.9 Å². The molecule has 0 radical (unpaired) electrons. The number of unbranched alkanes of at least 4 members (excludes halogenated alkanes) is 1. The Balaban J connectivity index is 1.80. The Hall–Kier alpha value is -5.97. The lowest BCUT2D eigenvalue weighted by atomic mass is 10.0. The van der Waals surface area contributed by atoms with Crippen molar-refractivity contribution in [3.05, 3.63) is 65.9 Å². The van der Waals surface area contributed by atoms with E-state index in [1.165, 1.54) is 19.1 Å². The average Bonchev–Trinajstić information content (AvgIpc) is 3.51. The second kappa shape index (κ2) is 19.4. The number of nitrogens with one attached hydrogen (secondary N) is 6. The van der Waals surface area contributed by atoms with E-state index in [1.807, 2.05) is 25.1 Å². The van der Waals surface area contributed by atoms with Gasteiger partial charge >= 0.3 is 11.9 Å². The average molecular weight is 724 g/mol. The Morgan fingerprint density at radius 2 is 1.38 bits per heavy atom. The molecule has 0 fully saturated rings. The van der Waals surface area contributed by atoms with Gasteiger partial charge in [0, 0.05) is 29.9 Å². The van der Waals surface area contributed by atoms with Crippen LogP contribution in [0.2, 0.25) is 0 Å². The molecule has 1 heterocycles. The van der Waals surface area contributed by atoms with E-state index in [0.717, 1.165) is 10.9 Å². The summed E-state index contributed by atoms with van der Waals surface area (Å²) >= 11 is 0. The van der Waals surface area contributed by atoms with Gasteiger partial charge < -0.3 is 52.6 Å². The van der Waals surface area contributed by atoms with Crippen LogP contribution < -0.4 is 32.3 Å².